The van der Waals surface area contributed by atoms with Gasteiger partial charge in [-0.15, -0.1) is 0 Å². The highest BCUT2D eigenvalue weighted by molar-refractivity contribution is 5.68. The van der Waals surface area contributed by atoms with Crippen molar-refractivity contribution in [3.63, 3.8) is 0 Å². The summed E-state index contributed by atoms with van der Waals surface area (Å²) in [5, 5.41) is 15.2. The van der Waals surface area contributed by atoms with Crippen molar-refractivity contribution < 1.29 is 19.1 Å². The van der Waals surface area contributed by atoms with E-state index in [1.807, 2.05) is 48.5 Å². The molecule has 33 heavy (non-hydrogen) atoms. The average molecular weight is 452 g/mol. The Labute approximate surface area is 195 Å². The molecule has 0 amide bonds. The zero-order valence-corrected chi connectivity index (χ0v) is 19.2. The van der Waals surface area contributed by atoms with Gasteiger partial charge in [0.15, 0.2) is 0 Å². The summed E-state index contributed by atoms with van der Waals surface area (Å²) < 4.78 is 17.2. The molecule has 7 heteroatoms. The molecule has 1 aromatic heterocycles. The molecule has 0 spiro atoms. The molecule has 1 N–H and O–H groups in total. The number of morpholine rings is 1. The number of aliphatic hydroxyl groups excluding tert-OH is 1. The highest BCUT2D eigenvalue weighted by Crippen LogP contribution is 2.33. The molecule has 3 aromatic rings. The van der Waals surface area contributed by atoms with Crippen LogP contribution in [0.2, 0.25) is 0 Å². The highest BCUT2D eigenvalue weighted by atomic mass is 16.5. The predicted molar refractivity (Wildman–Crippen MR) is 128 cm³/mol. The van der Waals surface area contributed by atoms with Gasteiger partial charge in [-0.3, -0.25) is 4.90 Å². The van der Waals surface area contributed by atoms with Gasteiger partial charge in [0.25, 0.3) is 0 Å². The van der Waals surface area contributed by atoms with Gasteiger partial charge in [-0.25, -0.2) is 0 Å². The molecule has 176 valence electrons. The standard InChI is InChI=1S/C26H33N3O4/c1-2-13-28(18-22(30)20-32-23-11-7-4-8-12-23)19-24-25(21-9-5-3-6-10-21)27-33-26(24)29-14-16-31-17-15-29/h3-12,22,30H,2,13-20H2,1H3. The lowest BCUT2D eigenvalue weighted by atomic mass is 10.1. The third kappa shape index (κ3) is 6.35. The Morgan fingerprint density at radius 3 is 2.45 bits per heavy atom. The van der Waals surface area contributed by atoms with E-state index in [2.05, 4.69) is 34.0 Å². The van der Waals surface area contributed by atoms with Gasteiger partial charge < -0.3 is 24.0 Å². The van der Waals surface area contributed by atoms with Crippen molar-refractivity contribution in [2.75, 3.05) is 50.9 Å². The van der Waals surface area contributed by atoms with Crippen molar-refractivity contribution >= 4 is 5.88 Å². The molecule has 2 aromatic carbocycles. The predicted octanol–water partition coefficient (Wildman–Crippen LogP) is 3.83. The van der Waals surface area contributed by atoms with Gasteiger partial charge in [-0.05, 0) is 25.1 Å². The number of para-hydroxylation sites is 1. The van der Waals surface area contributed by atoms with Gasteiger partial charge in [0.05, 0.1) is 18.8 Å². The average Bonchev–Trinajstić information content (AvgIpc) is 3.28. The molecule has 1 saturated heterocycles. The number of benzene rings is 2. The Morgan fingerprint density at radius 1 is 1.06 bits per heavy atom. The summed E-state index contributed by atoms with van der Waals surface area (Å²) in [6.07, 6.45) is 0.370. The Kier molecular flexibility index (Phi) is 8.35. The first kappa shape index (κ1) is 23.3. The number of hydrogen-bond acceptors (Lipinski definition) is 7. The van der Waals surface area contributed by atoms with Crippen molar-refractivity contribution in [3.05, 3.63) is 66.2 Å². The number of nitrogens with zero attached hydrogens (tertiary/aromatic N) is 3. The molecule has 0 saturated carbocycles. The van der Waals surface area contributed by atoms with Crippen molar-refractivity contribution in [2.24, 2.45) is 0 Å². The van der Waals surface area contributed by atoms with Crippen LogP contribution in [0.5, 0.6) is 5.75 Å². The van der Waals surface area contributed by atoms with E-state index in [-0.39, 0.29) is 6.61 Å². The second-order valence-electron chi connectivity index (χ2n) is 8.29. The Balaban J connectivity index is 1.51. The van der Waals surface area contributed by atoms with E-state index in [4.69, 9.17) is 14.0 Å². The van der Waals surface area contributed by atoms with E-state index in [1.165, 1.54) is 0 Å². The number of ether oxygens (including phenoxy) is 2. The Bertz CT molecular complexity index is 958. The Morgan fingerprint density at radius 2 is 1.76 bits per heavy atom. The fraction of sp³-hybridized carbons (Fsp3) is 0.423. The summed E-state index contributed by atoms with van der Waals surface area (Å²) in [6.45, 7) is 7.29. The zero-order chi connectivity index (χ0) is 22.9. The lowest BCUT2D eigenvalue weighted by molar-refractivity contribution is 0.0655. The normalized spacial score (nSPS) is 15.1. The number of aliphatic hydroxyl groups is 1. The van der Waals surface area contributed by atoms with Crippen molar-refractivity contribution in [1.29, 1.82) is 0 Å². The largest absolute Gasteiger partial charge is 0.491 e. The van der Waals surface area contributed by atoms with Crippen LogP contribution >= 0.6 is 0 Å². The lowest BCUT2D eigenvalue weighted by Gasteiger charge is -2.29. The maximum Gasteiger partial charge on any atom is 0.232 e. The summed E-state index contributed by atoms with van der Waals surface area (Å²) in [5.41, 5.74) is 2.93. The van der Waals surface area contributed by atoms with Crippen LogP contribution < -0.4 is 9.64 Å². The van der Waals surface area contributed by atoms with Crippen LogP contribution in [0.15, 0.2) is 65.2 Å². The number of hydrogen-bond donors (Lipinski definition) is 1. The van der Waals surface area contributed by atoms with Crippen molar-refractivity contribution in [1.82, 2.24) is 10.1 Å². The van der Waals surface area contributed by atoms with Crippen molar-refractivity contribution in [3.8, 4) is 17.0 Å². The van der Waals surface area contributed by atoms with E-state index in [9.17, 15) is 5.11 Å². The van der Waals surface area contributed by atoms with Crippen LogP contribution in [0.1, 0.15) is 18.9 Å². The molecule has 0 aliphatic carbocycles. The zero-order valence-electron chi connectivity index (χ0n) is 19.2. The minimum absolute atomic E-state index is 0.246. The minimum atomic E-state index is -0.608. The molecule has 7 nitrogen and oxygen atoms in total. The molecular formula is C26H33N3O4. The fourth-order valence-corrected chi connectivity index (χ4v) is 4.12. The maximum absolute atomic E-state index is 10.7. The summed E-state index contributed by atoms with van der Waals surface area (Å²) in [6, 6.07) is 19.7. The van der Waals surface area contributed by atoms with E-state index < -0.39 is 6.10 Å². The molecule has 1 aliphatic heterocycles. The second-order valence-corrected chi connectivity index (χ2v) is 8.29. The first-order chi connectivity index (χ1) is 16.2. The summed E-state index contributed by atoms with van der Waals surface area (Å²) in [7, 11) is 0. The SMILES string of the molecule is CCCN(Cc1c(-c2ccccc2)noc1N1CCOCC1)CC(O)COc1ccccc1. The quantitative estimate of drug-likeness (QED) is 0.475. The summed E-state index contributed by atoms with van der Waals surface area (Å²) >= 11 is 0. The fourth-order valence-electron chi connectivity index (χ4n) is 4.12. The van der Waals surface area contributed by atoms with Crippen molar-refractivity contribution in [2.45, 2.75) is 26.0 Å². The van der Waals surface area contributed by atoms with E-state index in [0.717, 1.165) is 54.5 Å². The van der Waals surface area contributed by atoms with Crippen LogP contribution in [0, 0.1) is 0 Å². The molecule has 1 atom stereocenters. The molecule has 2 heterocycles. The van der Waals surface area contributed by atoms with Gasteiger partial charge in [0.1, 0.15) is 24.2 Å². The number of anilines is 1. The van der Waals surface area contributed by atoms with E-state index in [1.54, 1.807) is 0 Å². The van der Waals surface area contributed by atoms with Crippen LogP contribution in [0.4, 0.5) is 5.88 Å². The van der Waals surface area contributed by atoms with Gasteiger partial charge in [0, 0.05) is 31.7 Å². The monoisotopic (exact) mass is 451 g/mol. The van der Waals surface area contributed by atoms with Crippen LogP contribution in [0.3, 0.4) is 0 Å². The topological polar surface area (TPSA) is 71.2 Å². The van der Waals surface area contributed by atoms with E-state index >= 15 is 0 Å². The molecule has 1 unspecified atom stereocenters. The molecule has 4 rings (SSSR count). The number of rotatable bonds is 11. The van der Waals surface area contributed by atoms with Crippen LogP contribution in [-0.4, -0.2) is 67.3 Å². The first-order valence-corrected chi connectivity index (χ1v) is 11.7. The molecular weight excluding hydrogens is 418 g/mol. The van der Waals surface area contributed by atoms with E-state index in [0.29, 0.717) is 26.3 Å². The third-order valence-corrected chi connectivity index (χ3v) is 5.69. The van der Waals surface area contributed by atoms with Gasteiger partial charge >= 0.3 is 0 Å². The van der Waals surface area contributed by atoms with Gasteiger partial charge in [0.2, 0.25) is 5.88 Å². The third-order valence-electron chi connectivity index (χ3n) is 5.69. The Hall–Kier alpha value is -2.87. The molecule has 0 bridgehead atoms. The molecule has 1 aliphatic rings. The highest BCUT2D eigenvalue weighted by Gasteiger charge is 2.26. The summed E-state index contributed by atoms with van der Waals surface area (Å²) in [4.78, 5) is 4.46. The molecule has 0 radical (unpaired) electrons. The van der Waals surface area contributed by atoms with Gasteiger partial charge in [-0.2, -0.15) is 0 Å². The first-order valence-electron chi connectivity index (χ1n) is 11.7. The minimum Gasteiger partial charge on any atom is -0.491 e. The van der Waals surface area contributed by atoms with Crippen LogP contribution in [-0.2, 0) is 11.3 Å². The lowest BCUT2D eigenvalue weighted by Crippen LogP contribution is -2.38. The van der Waals surface area contributed by atoms with Gasteiger partial charge in [-0.1, -0.05) is 60.6 Å². The van der Waals surface area contributed by atoms with Crippen LogP contribution in [0.25, 0.3) is 11.3 Å². The maximum atomic E-state index is 10.7. The second kappa shape index (κ2) is 11.8. The summed E-state index contributed by atoms with van der Waals surface area (Å²) in [5.74, 6) is 1.56. The smallest absolute Gasteiger partial charge is 0.232 e. The molecule has 1 fully saturated rings. The number of aromatic nitrogens is 1.